The molecule has 1 N–H and O–H groups in total. The number of amides is 1. The second-order valence-electron chi connectivity index (χ2n) is 6.66. The van der Waals surface area contributed by atoms with Crippen molar-refractivity contribution in [2.75, 3.05) is 33.2 Å². The molecular weight excluding hydrogens is 250 g/mol. The van der Waals surface area contributed by atoms with Crippen molar-refractivity contribution in [1.82, 2.24) is 15.1 Å². The van der Waals surface area contributed by atoms with E-state index in [1.165, 1.54) is 32.1 Å². The van der Waals surface area contributed by atoms with E-state index in [-0.39, 0.29) is 0 Å². The molecule has 2 rings (SSSR count). The minimum absolute atomic E-state index is 0.345. The van der Waals surface area contributed by atoms with Crippen molar-refractivity contribution < 1.29 is 4.79 Å². The second kappa shape index (κ2) is 7.41. The number of likely N-dealkylation sites (tertiary alicyclic amines) is 2. The minimum Gasteiger partial charge on any atom is -0.342 e. The van der Waals surface area contributed by atoms with Gasteiger partial charge in [-0.25, -0.2) is 0 Å². The second-order valence-corrected chi connectivity index (χ2v) is 6.66. The molecule has 2 saturated heterocycles. The average molecular weight is 281 g/mol. The summed E-state index contributed by atoms with van der Waals surface area (Å²) in [5.41, 5.74) is 0. The first kappa shape index (κ1) is 15.8. The Kier molecular flexibility index (Phi) is 5.85. The first-order valence-corrected chi connectivity index (χ1v) is 8.30. The summed E-state index contributed by atoms with van der Waals surface area (Å²) in [7, 11) is 2.01. The summed E-state index contributed by atoms with van der Waals surface area (Å²) in [4.78, 5) is 16.9. The molecule has 2 heterocycles. The zero-order valence-electron chi connectivity index (χ0n) is 13.4. The molecule has 116 valence electrons. The number of hydrogen-bond acceptors (Lipinski definition) is 3. The summed E-state index contributed by atoms with van der Waals surface area (Å²) >= 11 is 0. The smallest absolute Gasteiger partial charge is 0.236 e. The molecule has 0 aromatic carbocycles. The molecule has 2 aliphatic rings. The molecule has 2 aliphatic heterocycles. The Morgan fingerprint density at radius 1 is 1.10 bits per heavy atom. The Morgan fingerprint density at radius 3 is 2.25 bits per heavy atom. The van der Waals surface area contributed by atoms with Crippen LogP contribution >= 0.6 is 0 Å². The predicted octanol–water partition coefficient (Wildman–Crippen LogP) is 1.71. The minimum atomic E-state index is 0.345. The van der Waals surface area contributed by atoms with E-state index >= 15 is 0 Å². The molecule has 0 spiro atoms. The Balaban J connectivity index is 1.74. The normalized spacial score (nSPS) is 29.1. The van der Waals surface area contributed by atoms with E-state index in [1.807, 2.05) is 7.05 Å². The zero-order valence-corrected chi connectivity index (χ0v) is 13.4. The fourth-order valence-corrected chi connectivity index (χ4v) is 3.64. The Hall–Kier alpha value is -0.610. The summed E-state index contributed by atoms with van der Waals surface area (Å²) in [6.45, 7) is 8.15. The van der Waals surface area contributed by atoms with E-state index < -0.39 is 0 Å². The highest BCUT2D eigenvalue weighted by molar-refractivity contribution is 5.78. The molecule has 0 bridgehead atoms. The monoisotopic (exact) mass is 281 g/mol. The van der Waals surface area contributed by atoms with Crippen LogP contribution in [-0.4, -0.2) is 61.0 Å². The number of hydrogen-bond donors (Lipinski definition) is 1. The lowest BCUT2D eigenvalue weighted by molar-refractivity contribution is -0.134. The topological polar surface area (TPSA) is 35.6 Å². The third-order valence-corrected chi connectivity index (χ3v) is 5.22. The van der Waals surface area contributed by atoms with E-state index in [0.29, 0.717) is 24.5 Å². The Bertz CT molecular complexity index is 303. The molecule has 2 unspecified atom stereocenters. The fourth-order valence-electron chi connectivity index (χ4n) is 3.64. The standard InChI is InChI=1S/C16H31N3O/c1-13-4-5-14(2)19(13)12-16(20)18-10-7-15(8-11-18)6-9-17-3/h13-15,17H,4-12H2,1-3H3. The van der Waals surface area contributed by atoms with Gasteiger partial charge in [-0.1, -0.05) is 0 Å². The van der Waals surface area contributed by atoms with Gasteiger partial charge in [-0.2, -0.15) is 0 Å². The first-order chi connectivity index (χ1) is 9.61. The molecule has 0 saturated carbocycles. The molecule has 2 atom stereocenters. The quantitative estimate of drug-likeness (QED) is 0.833. The van der Waals surface area contributed by atoms with Gasteiger partial charge in [-0.05, 0) is 65.5 Å². The van der Waals surface area contributed by atoms with Crippen molar-refractivity contribution in [1.29, 1.82) is 0 Å². The van der Waals surface area contributed by atoms with E-state index in [2.05, 4.69) is 29.0 Å². The van der Waals surface area contributed by atoms with E-state index in [9.17, 15) is 4.79 Å². The van der Waals surface area contributed by atoms with Crippen molar-refractivity contribution >= 4 is 5.91 Å². The van der Waals surface area contributed by atoms with Crippen LogP contribution in [0.25, 0.3) is 0 Å². The third-order valence-electron chi connectivity index (χ3n) is 5.22. The van der Waals surface area contributed by atoms with Crippen LogP contribution in [-0.2, 0) is 4.79 Å². The summed E-state index contributed by atoms with van der Waals surface area (Å²) < 4.78 is 0. The van der Waals surface area contributed by atoms with Gasteiger partial charge in [0.1, 0.15) is 0 Å². The van der Waals surface area contributed by atoms with Gasteiger partial charge in [0, 0.05) is 25.2 Å². The Labute approximate surface area is 123 Å². The lowest BCUT2D eigenvalue weighted by Crippen LogP contribution is -2.46. The van der Waals surface area contributed by atoms with Crippen LogP contribution in [0.2, 0.25) is 0 Å². The van der Waals surface area contributed by atoms with Gasteiger partial charge in [0.05, 0.1) is 6.54 Å². The van der Waals surface area contributed by atoms with E-state index in [0.717, 1.165) is 25.6 Å². The highest BCUT2D eigenvalue weighted by atomic mass is 16.2. The molecule has 20 heavy (non-hydrogen) atoms. The maximum Gasteiger partial charge on any atom is 0.236 e. The first-order valence-electron chi connectivity index (χ1n) is 8.30. The van der Waals surface area contributed by atoms with Crippen molar-refractivity contribution in [3.05, 3.63) is 0 Å². The van der Waals surface area contributed by atoms with Gasteiger partial charge in [0.2, 0.25) is 5.91 Å². The molecule has 0 aliphatic carbocycles. The average Bonchev–Trinajstić information content (AvgIpc) is 2.77. The van der Waals surface area contributed by atoms with Crippen LogP contribution in [0, 0.1) is 5.92 Å². The van der Waals surface area contributed by atoms with Gasteiger partial charge >= 0.3 is 0 Å². The molecule has 1 amide bonds. The summed E-state index contributed by atoms with van der Waals surface area (Å²) in [5, 5.41) is 3.22. The van der Waals surface area contributed by atoms with Gasteiger partial charge in [0.15, 0.2) is 0 Å². The molecule has 2 fully saturated rings. The van der Waals surface area contributed by atoms with Gasteiger partial charge in [-0.3, -0.25) is 9.69 Å². The van der Waals surface area contributed by atoms with Gasteiger partial charge in [-0.15, -0.1) is 0 Å². The SMILES string of the molecule is CNCCC1CCN(C(=O)CN2C(C)CCC2C)CC1. The van der Waals surface area contributed by atoms with Crippen LogP contribution in [0.3, 0.4) is 0 Å². The lowest BCUT2D eigenvalue weighted by atomic mass is 9.93. The summed E-state index contributed by atoms with van der Waals surface area (Å²) in [5.74, 6) is 1.15. The van der Waals surface area contributed by atoms with Crippen molar-refractivity contribution in [3.8, 4) is 0 Å². The molecular formula is C16H31N3O. The maximum absolute atomic E-state index is 12.4. The van der Waals surface area contributed by atoms with Crippen molar-refractivity contribution in [3.63, 3.8) is 0 Å². The number of piperidine rings is 1. The third kappa shape index (κ3) is 3.95. The van der Waals surface area contributed by atoms with Crippen molar-refractivity contribution in [2.24, 2.45) is 5.92 Å². The lowest BCUT2D eigenvalue weighted by Gasteiger charge is -2.34. The number of carbonyl (C=O) groups excluding carboxylic acids is 1. The molecule has 0 radical (unpaired) electrons. The molecule has 4 heteroatoms. The highest BCUT2D eigenvalue weighted by Crippen LogP contribution is 2.24. The zero-order chi connectivity index (χ0) is 14.5. The Morgan fingerprint density at radius 2 is 1.70 bits per heavy atom. The maximum atomic E-state index is 12.4. The summed E-state index contributed by atoms with van der Waals surface area (Å²) in [6.07, 6.45) is 6.08. The number of nitrogens with zero attached hydrogens (tertiary/aromatic N) is 2. The highest BCUT2D eigenvalue weighted by Gasteiger charge is 2.31. The fraction of sp³-hybridized carbons (Fsp3) is 0.938. The van der Waals surface area contributed by atoms with Crippen LogP contribution in [0.4, 0.5) is 0 Å². The van der Waals surface area contributed by atoms with Crippen molar-refractivity contribution in [2.45, 2.75) is 58.0 Å². The summed E-state index contributed by atoms with van der Waals surface area (Å²) in [6, 6.07) is 1.14. The molecule has 0 aromatic heterocycles. The van der Waals surface area contributed by atoms with Crippen LogP contribution in [0.5, 0.6) is 0 Å². The van der Waals surface area contributed by atoms with Gasteiger partial charge < -0.3 is 10.2 Å². The number of carbonyl (C=O) groups is 1. The number of rotatable bonds is 5. The largest absolute Gasteiger partial charge is 0.342 e. The van der Waals surface area contributed by atoms with Crippen LogP contribution < -0.4 is 5.32 Å². The van der Waals surface area contributed by atoms with Crippen LogP contribution in [0.1, 0.15) is 46.0 Å². The van der Waals surface area contributed by atoms with E-state index in [1.54, 1.807) is 0 Å². The predicted molar refractivity (Wildman–Crippen MR) is 82.7 cm³/mol. The molecule has 4 nitrogen and oxygen atoms in total. The van der Waals surface area contributed by atoms with Gasteiger partial charge in [0.25, 0.3) is 0 Å². The molecule has 0 aromatic rings. The van der Waals surface area contributed by atoms with Crippen LogP contribution in [0.15, 0.2) is 0 Å². The number of nitrogens with one attached hydrogen (secondary N) is 1. The van der Waals surface area contributed by atoms with E-state index in [4.69, 9.17) is 0 Å².